The Kier molecular flexibility index (Phi) is 2.54. The van der Waals surface area contributed by atoms with E-state index in [2.05, 4.69) is 10.1 Å². The largest absolute Gasteiger partial charge is 0.366 e. The Morgan fingerprint density at radius 2 is 2.00 bits per heavy atom. The first kappa shape index (κ1) is 11.1. The van der Waals surface area contributed by atoms with Crippen LogP contribution in [-0.4, -0.2) is 20.7 Å². The van der Waals surface area contributed by atoms with Crippen LogP contribution in [0.2, 0.25) is 0 Å². The lowest BCUT2D eigenvalue weighted by molar-refractivity contribution is 0.100. The Morgan fingerprint density at radius 3 is 2.59 bits per heavy atom. The number of hydrogen-bond donors (Lipinski definition) is 1. The molecule has 0 aliphatic rings. The molecule has 2 rings (SSSR count). The van der Waals surface area contributed by atoms with Crippen LogP contribution < -0.4 is 5.73 Å². The molecule has 0 aliphatic carbocycles. The van der Waals surface area contributed by atoms with E-state index < -0.39 is 29.3 Å². The zero-order valence-corrected chi connectivity index (χ0v) is 8.19. The van der Waals surface area contributed by atoms with Crippen molar-refractivity contribution in [3.63, 3.8) is 0 Å². The van der Waals surface area contributed by atoms with Gasteiger partial charge in [-0.2, -0.15) is 14.5 Å². The van der Waals surface area contributed by atoms with Crippen LogP contribution in [0, 0.1) is 17.6 Å². The molecule has 1 amide bonds. The van der Waals surface area contributed by atoms with E-state index >= 15 is 0 Å². The van der Waals surface area contributed by atoms with Gasteiger partial charge in [-0.15, -0.1) is 0 Å². The molecule has 17 heavy (non-hydrogen) atoms. The summed E-state index contributed by atoms with van der Waals surface area (Å²) in [7, 11) is 0. The predicted octanol–water partition coefficient (Wildman–Crippen LogP) is 0.783. The molecule has 0 spiro atoms. The molecular formula is C9H5F3N4O. The van der Waals surface area contributed by atoms with Crippen molar-refractivity contribution in [1.82, 2.24) is 14.8 Å². The lowest BCUT2D eigenvalue weighted by atomic mass is 10.3. The van der Waals surface area contributed by atoms with Crippen LogP contribution in [0.1, 0.15) is 10.4 Å². The third kappa shape index (κ3) is 1.96. The fourth-order valence-corrected chi connectivity index (χ4v) is 1.16. The Morgan fingerprint density at radius 1 is 1.29 bits per heavy atom. The highest BCUT2D eigenvalue weighted by Gasteiger charge is 2.15. The molecule has 0 saturated heterocycles. The van der Waals surface area contributed by atoms with Crippen molar-refractivity contribution in [1.29, 1.82) is 0 Å². The van der Waals surface area contributed by atoms with Crippen molar-refractivity contribution in [2.75, 3.05) is 0 Å². The molecule has 0 saturated carbocycles. The SMILES string of the molecule is NC(=O)c1cnn(-c2nc(F)c(F)cc2F)c1. The standard InChI is InChI=1S/C9H5F3N4O/c10-5-1-6(11)9(15-7(5)12)16-3-4(2-14-16)8(13)17/h1-3H,(H2,13,17). The first-order chi connectivity index (χ1) is 7.99. The molecule has 0 unspecified atom stereocenters. The van der Waals surface area contributed by atoms with Crippen LogP contribution in [-0.2, 0) is 0 Å². The van der Waals surface area contributed by atoms with Gasteiger partial charge in [0.25, 0.3) is 11.9 Å². The number of primary amides is 1. The maximum Gasteiger partial charge on any atom is 0.251 e. The van der Waals surface area contributed by atoms with E-state index in [1.807, 2.05) is 0 Å². The molecule has 0 aliphatic heterocycles. The fraction of sp³-hybridized carbons (Fsp3) is 0. The topological polar surface area (TPSA) is 73.8 Å². The average molecular weight is 242 g/mol. The number of aromatic nitrogens is 3. The molecule has 5 nitrogen and oxygen atoms in total. The minimum Gasteiger partial charge on any atom is -0.366 e. The quantitative estimate of drug-likeness (QED) is 0.791. The fourth-order valence-electron chi connectivity index (χ4n) is 1.16. The monoisotopic (exact) mass is 242 g/mol. The van der Waals surface area contributed by atoms with Gasteiger partial charge in [0, 0.05) is 12.3 Å². The summed E-state index contributed by atoms with van der Waals surface area (Å²) in [6.07, 6.45) is 2.12. The van der Waals surface area contributed by atoms with E-state index in [1.54, 1.807) is 0 Å². The van der Waals surface area contributed by atoms with Crippen molar-refractivity contribution >= 4 is 5.91 Å². The Balaban J connectivity index is 2.52. The number of pyridine rings is 1. The highest BCUT2D eigenvalue weighted by atomic mass is 19.2. The number of hydrogen-bond acceptors (Lipinski definition) is 3. The van der Waals surface area contributed by atoms with Gasteiger partial charge in [-0.1, -0.05) is 0 Å². The molecule has 2 aromatic rings. The van der Waals surface area contributed by atoms with Gasteiger partial charge >= 0.3 is 0 Å². The second-order valence-corrected chi connectivity index (χ2v) is 3.10. The summed E-state index contributed by atoms with van der Waals surface area (Å²) in [6.45, 7) is 0. The maximum absolute atomic E-state index is 13.3. The van der Waals surface area contributed by atoms with Gasteiger partial charge in [0.1, 0.15) is 0 Å². The predicted molar refractivity (Wildman–Crippen MR) is 49.8 cm³/mol. The van der Waals surface area contributed by atoms with Crippen molar-refractivity contribution in [3.05, 3.63) is 41.6 Å². The molecule has 2 aromatic heterocycles. The van der Waals surface area contributed by atoms with E-state index in [0.29, 0.717) is 6.07 Å². The van der Waals surface area contributed by atoms with E-state index in [9.17, 15) is 18.0 Å². The van der Waals surface area contributed by atoms with Gasteiger partial charge in [-0.25, -0.2) is 13.5 Å². The van der Waals surface area contributed by atoms with Gasteiger partial charge in [-0.05, 0) is 0 Å². The highest BCUT2D eigenvalue weighted by molar-refractivity contribution is 5.92. The summed E-state index contributed by atoms with van der Waals surface area (Å²) in [6, 6.07) is 0.337. The Labute approximate surface area is 92.7 Å². The lowest BCUT2D eigenvalue weighted by Crippen LogP contribution is -2.10. The summed E-state index contributed by atoms with van der Waals surface area (Å²) in [4.78, 5) is 13.8. The first-order valence-corrected chi connectivity index (χ1v) is 4.35. The van der Waals surface area contributed by atoms with Gasteiger partial charge in [0.2, 0.25) is 0 Å². The second-order valence-electron chi connectivity index (χ2n) is 3.10. The third-order valence-corrected chi connectivity index (χ3v) is 1.95. The van der Waals surface area contributed by atoms with Crippen molar-refractivity contribution in [3.8, 4) is 5.82 Å². The third-order valence-electron chi connectivity index (χ3n) is 1.95. The molecule has 0 fully saturated rings. The van der Waals surface area contributed by atoms with Crippen LogP contribution in [0.25, 0.3) is 5.82 Å². The Bertz CT molecular complexity index is 596. The number of nitrogens with two attached hydrogens (primary N) is 1. The maximum atomic E-state index is 13.3. The molecular weight excluding hydrogens is 237 g/mol. The molecule has 88 valence electrons. The van der Waals surface area contributed by atoms with E-state index in [4.69, 9.17) is 5.73 Å². The van der Waals surface area contributed by atoms with Crippen LogP contribution in [0.4, 0.5) is 13.2 Å². The Hall–Kier alpha value is -2.38. The highest BCUT2D eigenvalue weighted by Crippen LogP contribution is 2.13. The molecule has 2 heterocycles. The van der Waals surface area contributed by atoms with E-state index in [0.717, 1.165) is 17.1 Å². The smallest absolute Gasteiger partial charge is 0.251 e. The molecule has 8 heteroatoms. The summed E-state index contributed by atoms with van der Waals surface area (Å²) in [5.41, 5.74) is 4.95. The number of carbonyl (C=O) groups is 1. The molecule has 0 aromatic carbocycles. The van der Waals surface area contributed by atoms with Crippen molar-refractivity contribution < 1.29 is 18.0 Å². The summed E-state index contributed by atoms with van der Waals surface area (Å²) >= 11 is 0. The molecule has 0 bridgehead atoms. The minimum atomic E-state index is -1.46. The second kappa shape index (κ2) is 3.89. The van der Waals surface area contributed by atoms with Gasteiger partial charge in [0.15, 0.2) is 17.5 Å². The van der Waals surface area contributed by atoms with Gasteiger partial charge < -0.3 is 5.73 Å². The zero-order valence-electron chi connectivity index (χ0n) is 8.19. The summed E-state index contributed by atoms with van der Waals surface area (Å²) < 4.78 is 39.5. The normalized spacial score (nSPS) is 10.5. The zero-order chi connectivity index (χ0) is 12.6. The van der Waals surface area contributed by atoms with E-state index in [-0.39, 0.29) is 5.56 Å². The number of amides is 1. The first-order valence-electron chi connectivity index (χ1n) is 4.35. The molecule has 0 atom stereocenters. The number of nitrogens with zero attached hydrogens (tertiary/aromatic N) is 3. The van der Waals surface area contributed by atoms with Crippen LogP contribution >= 0.6 is 0 Å². The van der Waals surface area contributed by atoms with Crippen molar-refractivity contribution in [2.24, 2.45) is 5.73 Å². The van der Waals surface area contributed by atoms with Gasteiger partial charge in [-0.3, -0.25) is 4.79 Å². The number of rotatable bonds is 2. The molecule has 2 N–H and O–H groups in total. The van der Waals surface area contributed by atoms with Crippen LogP contribution in [0.15, 0.2) is 18.5 Å². The number of halogens is 3. The minimum absolute atomic E-state index is 0.00377. The summed E-state index contributed by atoms with van der Waals surface area (Å²) in [5.74, 6) is -5.32. The average Bonchev–Trinajstić information content (AvgIpc) is 2.72. The van der Waals surface area contributed by atoms with Crippen LogP contribution in [0.3, 0.4) is 0 Å². The van der Waals surface area contributed by atoms with Gasteiger partial charge in [0.05, 0.1) is 11.8 Å². The van der Waals surface area contributed by atoms with Crippen LogP contribution in [0.5, 0.6) is 0 Å². The lowest BCUT2D eigenvalue weighted by Gasteiger charge is -2.02. The summed E-state index contributed by atoms with van der Waals surface area (Å²) in [5, 5.41) is 3.56. The van der Waals surface area contributed by atoms with Crippen molar-refractivity contribution in [2.45, 2.75) is 0 Å². The number of carbonyl (C=O) groups excluding carboxylic acids is 1. The van der Waals surface area contributed by atoms with E-state index in [1.165, 1.54) is 0 Å². The molecule has 0 radical (unpaired) electrons.